The summed E-state index contributed by atoms with van der Waals surface area (Å²) in [5, 5.41) is 44.0. The van der Waals surface area contributed by atoms with E-state index in [0.717, 1.165) is 12.5 Å². The molecule has 8 heteroatoms. The standard InChI is InChI=1S/C25H26O8/c1-9(2)14-8-15(10(3)26)21(29)20-16(14)6-12-5-13-7-17(28)18(11(4)27)23(31)25(13,33)24(32)19(12)22(20)30/h8-9,12-13,29-31,33H,5-7H2,1-4H3/t12-,13+,25-/m0/s1. The molecule has 174 valence electrons. The van der Waals surface area contributed by atoms with E-state index < -0.39 is 63.4 Å². The number of aliphatic hydroxyl groups is 3. The van der Waals surface area contributed by atoms with Crippen LogP contribution in [0.15, 0.2) is 23.0 Å². The van der Waals surface area contributed by atoms with Crippen molar-refractivity contribution in [3.05, 3.63) is 45.2 Å². The lowest BCUT2D eigenvalue weighted by atomic mass is 9.58. The summed E-state index contributed by atoms with van der Waals surface area (Å²) >= 11 is 0. The molecule has 3 atom stereocenters. The highest BCUT2D eigenvalue weighted by Gasteiger charge is 2.60. The van der Waals surface area contributed by atoms with Crippen LogP contribution in [0.25, 0.3) is 5.76 Å². The van der Waals surface area contributed by atoms with E-state index in [0.29, 0.717) is 5.56 Å². The third-order valence-corrected chi connectivity index (χ3v) is 7.21. The second kappa shape index (κ2) is 7.38. The van der Waals surface area contributed by atoms with Crippen molar-refractivity contribution < 1.29 is 39.6 Å². The predicted octanol–water partition coefficient (Wildman–Crippen LogP) is 2.85. The molecule has 0 amide bonds. The molecule has 0 saturated heterocycles. The van der Waals surface area contributed by atoms with Gasteiger partial charge >= 0.3 is 0 Å². The van der Waals surface area contributed by atoms with E-state index >= 15 is 0 Å². The predicted molar refractivity (Wildman–Crippen MR) is 117 cm³/mol. The van der Waals surface area contributed by atoms with E-state index in [-0.39, 0.29) is 41.9 Å². The topological polar surface area (TPSA) is 149 Å². The Morgan fingerprint density at radius 3 is 2.24 bits per heavy atom. The minimum atomic E-state index is -2.53. The average molecular weight is 454 g/mol. The van der Waals surface area contributed by atoms with Crippen molar-refractivity contribution in [3.63, 3.8) is 0 Å². The van der Waals surface area contributed by atoms with E-state index in [1.165, 1.54) is 6.92 Å². The van der Waals surface area contributed by atoms with Gasteiger partial charge in [-0.25, -0.2) is 0 Å². The Balaban J connectivity index is 1.99. The molecule has 0 bridgehead atoms. The van der Waals surface area contributed by atoms with Crippen LogP contribution < -0.4 is 0 Å². The maximum absolute atomic E-state index is 13.5. The van der Waals surface area contributed by atoms with Gasteiger partial charge in [-0.3, -0.25) is 19.2 Å². The van der Waals surface area contributed by atoms with Crippen LogP contribution >= 0.6 is 0 Å². The van der Waals surface area contributed by atoms with Crippen molar-refractivity contribution in [1.29, 1.82) is 0 Å². The van der Waals surface area contributed by atoms with E-state index in [2.05, 4.69) is 0 Å². The zero-order valence-corrected chi connectivity index (χ0v) is 18.9. The van der Waals surface area contributed by atoms with Crippen LogP contribution in [0.5, 0.6) is 5.75 Å². The van der Waals surface area contributed by atoms with Crippen molar-refractivity contribution in [2.75, 3.05) is 0 Å². The highest BCUT2D eigenvalue weighted by Crippen LogP contribution is 2.53. The zero-order chi connectivity index (χ0) is 24.6. The van der Waals surface area contributed by atoms with Crippen LogP contribution in [0.4, 0.5) is 0 Å². The lowest BCUT2D eigenvalue weighted by molar-refractivity contribution is -0.147. The summed E-state index contributed by atoms with van der Waals surface area (Å²) in [4.78, 5) is 50.1. The van der Waals surface area contributed by atoms with Gasteiger partial charge in [0.1, 0.15) is 22.8 Å². The van der Waals surface area contributed by atoms with Gasteiger partial charge in [0.15, 0.2) is 23.0 Å². The summed E-state index contributed by atoms with van der Waals surface area (Å²) in [7, 11) is 0. The Morgan fingerprint density at radius 2 is 1.70 bits per heavy atom. The zero-order valence-electron chi connectivity index (χ0n) is 18.9. The Labute approximate surface area is 190 Å². The van der Waals surface area contributed by atoms with Crippen molar-refractivity contribution in [3.8, 4) is 5.75 Å². The number of allylic oxidation sites excluding steroid dienone is 1. The molecule has 3 aliphatic carbocycles. The SMILES string of the molecule is CC(=O)C1=C(O)[C@]2(O)C(=O)C3=C(O)c4c(O)c(C(C)=O)cc(C(C)C)c4C[C@@H]3C[C@@H]2CC1=O. The molecule has 0 unspecified atom stereocenters. The first-order valence-corrected chi connectivity index (χ1v) is 10.9. The molecule has 0 heterocycles. The molecule has 1 saturated carbocycles. The summed E-state index contributed by atoms with van der Waals surface area (Å²) in [6.45, 7) is 6.16. The molecule has 1 aromatic rings. The van der Waals surface area contributed by atoms with Gasteiger partial charge < -0.3 is 20.4 Å². The molecule has 1 aromatic carbocycles. The van der Waals surface area contributed by atoms with Gasteiger partial charge in [0.05, 0.1) is 11.1 Å². The van der Waals surface area contributed by atoms with E-state index in [1.807, 2.05) is 13.8 Å². The van der Waals surface area contributed by atoms with Gasteiger partial charge in [-0.1, -0.05) is 13.8 Å². The third-order valence-electron chi connectivity index (χ3n) is 7.21. The Kier molecular flexibility index (Phi) is 5.13. The molecular formula is C25H26O8. The number of phenols is 1. The van der Waals surface area contributed by atoms with E-state index in [4.69, 9.17) is 0 Å². The number of aromatic hydroxyl groups is 1. The number of Topliss-reactive ketones (excluding diaryl/α,β-unsaturated/α-hetero) is 4. The number of ketones is 4. The number of fused-ring (bicyclic) bond motifs is 3. The van der Waals surface area contributed by atoms with Crippen LogP contribution in [0, 0.1) is 11.8 Å². The number of carbonyl (C=O) groups excluding carboxylic acids is 4. The van der Waals surface area contributed by atoms with E-state index in [9.17, 15) is 39.6 Å². The normalized spacial score (nSPS) is 26.8. The fourth-order valence-electron chi connectivity index (χ4n) is 5.61. The second-order valence-electron chi connectivity index (χ2n) is 9.52. The quantitative estimate of drug-likeness (QED) is 0.402. The van der Waals surface area contributed by atoms with Crippen LogP contribution in [0.2, 0.25) is 0 Å². The lowest BCUT2D eigenvalue weighted by Crippen LogP contribution is -2.57. The molecule has 0 aromatic heterocycles. The van der Waals surface area contributed by atoms with Crippen molar-refractivity contribution >= 4 is 28.9 Å². The van der Waals surface area contributed by atoms with Crippen LogP contribution in [-0.2, 0) is 20.8 Å². The third kappa shape index (κ3) is 3.00. The Hall–Kier alpha value is -3.26. The van der Waals surface area contributed by atoms with Gasteiger partial charge in [-0.15, -0.1) is 0 Å². The van der Waals surface area contributed by atoms with Crippen molar-refractivity contribution in [1.82, 2.24) is 0 Å². The Morgan fingerprint density at radius 1 is 1.06 bits per heavy atom. The molecule has 8 nitrogen and oxygen atoms in total. The molecule has 0 spiro atoms. The number of carbonyl (C=O) groups is 4. The minimum Gasteiger partial charge on any atom is -0.508 e. The summed E-state index contributed by atoms with van der Waals surface area (Å²) < 4.78 is 0. The van der Waals surface area contributed by atoms with E-state index in [1.54, 1.807) is 6.07 Å². The molecule has 1 fully saturated rings. The maximum atomic E-state index is 13.5. The number of aliphatic hydroxyl groups excluding tert-OH is 2. The second-order valence-corrected chi connectivity index (χ2v) is 9.52. The molecule has 4 rings (SSSR count). The van der Waals surface area contributed by atoms with Gasteiger partial charge in [0, 0.05) is 17.9 Å². The number of hydrogen-bond donors (Lipinski definition) is 4. The number of rotatable bonds is 3. The largest absolute Gasteiger partial charge is 0.508 e. The van der Waals surface area contributed by atoms with Crippen LogP contribution in [0.3, 0.4) is 0 Å². The Bertz CT molecular complexity index is 1220. The first-order valence-electron chi connectivity index (χ1n) is 10.9. The first kappa shape index (κ1) is 22.9. The smallest absolute Gasteiger partial charge is 0.202 e. The van der Waals surface area contributed by atoms with Gasteiger partial charge in [0.25, 0.3) is 0 Å². The summed E-state index contributed by atoms with van der Waals surface area (Å²) in [5.74, 6) is -6.41. The monoisotopic (exact) mass is 454 g/mol. The molecule has 4 N–H and O–H groups in total. The van der Waals surface area contributed by atoms with Gasteiger partial charge in [0.2, 0.25) is 5.78 Å². The number of hydrogen-bond acceptors (Lipinski definition) is 8. The van der Waals surface area contributed by atoms with Gasteiger partial charge in [-0.2, -0.15) is 0 Å². The van der Waals surface area contributed by atoms with Crippen LogP contribution in [-0.4, -0.2) is 49.2 Å². The molecule has 0 radical (unpaired) electrons. The molecule has 33 heavy (non-hydrogen) atoms. The van der Waals surface area contributed by atoms with Crippen molar-refractivity contribution in [2.24, 2.45) is 11.8 Å². The number of phenolic OH excluding ortho intramolecular Hbond substituents is 1. The fraction of sp³-hybridized carbons (Fsp3) is 0.440. The van der Waals surface area contributed by atoms with Gasteiger partial charge in [-0.05, 0) is 55.7 Å². The highest BCUT2D eigenvalue weighted by atomic mass is 16.3. The summed E-state index contributed by atoms with van der Waals surface area (Å²) in [5.41, 5.74) is -2.00. The summed E-state index contributed by atoms with van der Waals surface area (Å²) in [6.07, 6.45) is 0.0591. The fourth-order valence-corrected chi connectivity index (χ4v) is 5.61. The summed E-state index contributed by atoms with van der Waals surface area (Å²) in [6, 6.07) is 1.60. The number of benzene rings is 1. The minimum absolute atomic E-state index is 0.00719. The molecule has 3 aliphatic rings. The van der Waals surface area contributed by atoms with Crippen LogP contribution in [0.1, 0.15) is 73.5 Å². The first-order chi connectivity index (χ1) is 15.3. The molecule has 0 aliphatic heterocycles. The van der Waals surface area contributed by atoms with Crippen molar-refractivity contribution in [2.45, 2.75) is 58.5 Å². The highest BCUT2D eigenvalue weighted by molar-refractivity contribution is 6.23. The lowest BCUT2D eigenvalue weighted by Gasteiger charge is -2.46. The average Bonchev–Trinajstić information content (AvgIpc) is 2.70. The maximum Gasteiger partial charge on any atom is 0.202 e. The molecular weight excluding hydrogens is 428 g/mol.